The van der Waals surface area contributed by atoms with Crippen LogP contribution in [0.2, 0.25) is 5.02 Å². The zero-order valence-electron chi connectivity index (χ0n) is 14.0. The minimum Gasteiger partial charge on any atom is -0.497 e. The van der Waals surface area contributed by atoms with Crippen LogP contribution in [0.25, 0.3) is 0 Å². The van der Waals surface area contributed by atoms with Crippen LogP contribution in [0.1, 0.15) is 22.3 Å². The molecule has 0 saturated heterocycles. The van der Waals surface area contributed by atoms with E-state index in [0.29, 0.717) is 11.3 Å². The van der Waals surface area contributed by atoms with Crippen molar-refractivity contribution in [3.63, 3.8) is 0 Å². The highest BCUT2D eigenvalue weighted by Crippen LogP contribution is 2.42. The smallest absolute Gasteiger partial charge is 0.438 e. The molecule has 0 saturated carbocycles. The molecule has 1 aliphatic rings. The van der Waals surface area contributed by atoms with Gasteiger partial charge in [0.1, 0.15) is 5.75 Å². The van der Waals surface area contributed by atoms with Crippen LogP contribution >= 0.6 is 11.6 Å². The number of nitrogens with zero attached hydrogens (tertiary/aromatic N) is 2. The van der Waals surface area contributed by atoms with Crippen molar-refractivity contribution in [1.82, 2.24) is 5.01 Å². The topological polar surface area (TPSA) is 62.1 Å². The predicted molar refractivity (Wildman–Crippen MR) is 92.8 cm³/mol. The molecule has 3 rings (SSSR count). The van der Waals surface area contributed by atoms with Crippen molar-refractivity contribution >= 4 is 23.2 Å². The maximum absolute atomic E-state index is 13.6. The highest BCUT2D eigenvalue weighted by atomic mass is 35.5. The van der Waals surface area contributed by atoms with Gasteiger partial charge in [0, 0.05) is 16.1 Å². The number of methoxy groups -OCH3 is 1. The van der Waals surface area contributed by atoms with Gasteiger partial charge < -0.3 is 9.84 Å². The Morgan fingerprint density at radius 1 is 1.26 bits per heavy atom. The Labute approximate surface area is 157 Å². The predicted octanol–water partition coefficient (Wildman–Crippen LogP) is 3.85. The van der Waals surface area contributed by atoms with Crippen molar-refractivity contribution in [3.05, 3.63) is 64.7 Å². The van der Waals surface area contributed by atoms with Crippen molar-refractivity contribution in [2.24, 2.45) is 5.10 Å². The van der Waals surface area contributed by atoms with E-state index in [0.717, 1.165) is 0 Å². The molecule has 27 heavy (non-hydrogen) atoms. The van der Waals surface area contributed by atoms with Crippen LogP contribution in [0, 0.1) is 0 Å². The first-order valence-corrected chi connectivity index (χ1v) is 8.14. The third kappa shape index (κ3) is 3.50. The van der Waals surface area contributed by atoms with E-state index in [4.69, 9.17) is 16.3 Å². The van der Waals surface area contributed by atoms with Gasteiger partial charge in [-0.05, 0) is 30.3 Å². The van der Waals surface area contributed by atoms with Gasteiger partial charge in [-0.1, -0.05) is 29.8 Å². The van der Waals surface area contributed by atoms with Gasteiger partial charge in [-0.15, -0.1) is 0 Å². The zero-order chi connectivity index (χ0) is 19.8. The van der Waals surface area contributed by atoms with Gasteiger partial charge in [0.25, 0.3) is 11.6 Å². The first-order valence-electron chi connectivity index (χ1n) is 7.77. The van der Waals surface area contributed by atoms with Gasteiger partial charge in [0.15, 0.2) is 0 Å². The maximum Gasteiger partial charge on any atom is 0.438 e. The maximum atomic E-state index is 13.6. The molecule has 1 aliphatic heterocycles. The number of rotatable bonds is 3. The summed E-state index contributed by atoms with van der Waals surface area (Å²) in [5, 5.41) is 14.4. The van der Waals surface area contributed by atoms with Gasteiger partial charge in [0.2, 0.25) is 0 Å². The quantitative estimate of drug-likeness (QED) is 0.854. The lowest BCUT2D eigenvalue weighted by Crippen LogP contribution is -2.56. The Morgan fingerprint density at radius 3 is 2.59 bits per heavy atom. The van der Waals surface area contributed by atoms with Crippen molar-refractivity contribution in [2.45, 2.75) is 18.3 Å². The van der Waals surface area contributed by atoms with Crippen LogP contribution in [0.4, 0.5) is 13.2 Å². The number of carbonyl (C=O) groups excluding carboxylic acids is 1. The molecular weight excluding hydrogens is 385 g/mol. The van der Waals surface area contributed by atoms with Gasteiger partial charge in [0.05, 0.1) is 19.2 Å². The summed E-state index contributed by atoms with van der Waals surface area (Å²) >= 11 is 5.81. The minimum atomic E-state index is -5.12. The summed E-state index contributed by atoms with van der Waals surface area (Å²) in [6.07, 6.45) is -6.03. The molecule has 5 nitrogen and oxygen atoms in total. The summed E-state index contributed by atoms with van der Waals surface area (Å²) in [7, 11) is 1.41. The van der Waals surface area contributed by atoms with Crippen molar-refractivity contribution in [1.29, 1.82) is 0 Å². The largest absolute Gasteiger partial charge is 0.497 e. The molecule has 0 bridgehead atoms. The summed E-state index contributed by atoms with van der Waals surface area (Å²) in [6, 6.07) is 11.6. The van der Waals surface area contributed by atoms with Crippen LogP contribution < -0.4 is 4.74 Å². The Morgan fingerprint density at radius 2 is 1.96 bits per heavy atom. The standard InChI is InChI=1S/C18H14ClF3N2O3/c1-27-14-7-3-4-11(9-14)15-10-17(26,18(20,21)22)24(23-15)16(25)12-5-2-6-13(19)8-12/h2-9,26H,10H2,1H3/t17-/m0/s1. The van der Waals surface area contributed by atoms with Crippen LogP contribution in [0.5, 0.6) is 5.75 Å². The number of ether oxygens (including phenoxy) is 1. The molecule has 0 fully saturated rings. The molecule has 2 aromatic carbocycles. The molecule has 0 unspecified atom stereocenters. The second-order valence-electron chi connectivity index (χ2n) is 5.90. The average Bonchev–Trinajstić information content (AvgIpc) is 3.00. The number of halogens is 4. The van der Waals surface area contributed by atoms with E-state index in [1.165, 1.54) is 43.5 Å². The van der Waals surface area contributed by atoms with E-state index in [1.807, 2.05) is 0 Å². The molecule has 0 aromatic heterocycles. The number of amides is 1. The Bertz CT molecular complexity index is 917. The second kappa shape index (κ2) is 6.86. The van der Waals surface area contributed by atoms with Gasteiger partial charge >= 0.3 is 6.18 Å². The third-order valence-corrected chi connectivity index (χ3v) is 4.34. The summed E-state index contributed by atoms with van der Waals surface area (Å²) < 4.78 is 45.9. The number of carbonyl (C=O) groups is 1. The fraction of sp³-hybridized carbons (Fsp3) is 0.222. The number of hydrogen-bond donors (Lipinski definition) is 1. The molecule has 1 N–H and O–H groups in total. The van der Waals surface area contributed by atoms with Gasteiger partial charge in [-0.25, -0.2) is 0 Å². The van der Waals surface area contributed by atoms with Gasteiger partial charge in [-0.3, -0.25) is 4.79 Å². The Kier molecular flexibility index (Phi) is 4.88. The molecule has 2 aromatic rings. The SMILES string of the molecule is COc1cccc(C2=NN(C(=O)c3cccc(Cl)c3)[C@@](O)(C(F)(F)F)C2)c1. The van der Waals surface area contributed by atoms with Crippen molar-refractivity contribution < 1.29 is 27.8 Å². The van der Waals surface area contributed by atoms with E-state index in [-0.39, 0.29) is 21.3 Å². The Balaban J connectivity index is 2.06. The number of aliphatic hydroxyl groups is 1. The first-order chi connectivity index (χ1) is 12.7. The van der Waals surface area contributed by atoms with Crippen LogP contribution in [0.3, 0.4) is 0 Å². The summed E-state index contributed by atoms with van der Waals surface area (Å²) in [5.41, 5.74) is -3.38. The Hall–Kier alpha value is -2.58. The van der Waals surface area contributed by atoms with E-state index in [9.17, 15) is 23.1 Å². The minimum absolute atomic E-state index is 0.0630. The highest BCUT2D eigenvalue weighted by molar-refractivity contribution is 6.31. The third-order valence-electron chi connectivity index (χ3n) is 4.11. The average molecular weight is 399 g/mol. The van der Waals surface area contributed by atoms with Crippen molar-refractivity contribution in [2.75, 3.05) is 7.11 Å². The zero-order valence-corrected chi connectivity index (χ0v) is 14.8. The van der Waals surface area contributed by atoms with Crippen LogP contribution in [-0.4, -0.2) is 40.7 Å². The number of hydrazone groups is 1. The molecule has 1 atom stereocenters. The molecule has 1 heterocycles. The fourth-order valence-electron chi connectivity index (χ4n) is 2.69. The fourth-order valence-corrected chi connectivity index (χ4v) is 2.88. The lowest BCUT2D eigenvalue weighted by molar-refractivity contribution is -0.297. The normalized spacial score (nSPS) is 19.8. The van der Waals surface area contributed by atoms with E-state index in [1.54, 1.807) is 12.1 Å². The molecular formula is C18H14ClF3N2O3. The monoisotopic (exact) mass is 398 g/mol. The number of alkyl halides is 3. The lowest BCUT2D eigenvalue weighted by atomic mass is 10.0. The molecule has 1 amide bonds. The van der Waals surface area contributed by atoms with E-state index >= 15 is 0 Å². The van der Waals surface area contributed by atoms with Crippen LogP contribution in [-0.2, 0) is 0 Å². The molecule has 0 aliphatic carbocycles. The molecule has 0 spiro atoms. The van der Waals surface area contributed by atoms with E-state index in [2.05, 4.69) is 5.10 Å². The summed E-state index contributed by atoms with van der Waals surface area (Å²) in [6.45, 7) is 0. The van der Waals surface area contributed by atoms with Gasteiger partial charge in [-0.2, -0.15) is 23.3 Å². The number of benzene rings is 2. The summed E-state index contributed by atoms with van der Waals surface area (Å²) in [5.74, 6) is -0.708. The van der Waals surface area contributed by atoms with Crippen molar-refractivity contribution in [3.8, 4) is 5.75 Å². The summed E-state index contributed by atoms with van der Waals surface area (Å²) in [4.78, 5) is 12.6. The first kappa shape index (κ1) is 19.2. The molecule has 142 valence electrons. The molecule has 0 radical (unpaired) electrons. The van der Waals surface area contributed by atoms with E-state index < -0.39 is 24.2 Å². The number of hydrogen-bond acceptors (Lipinski definition) is 4. The van der Waals surface area contributed by atoms with Crippen LogP contribution in [0.15, 0.2) is 53.6 Å². The molecule has 9 heteroatoms. The highest BCUT2D eigenvalue weighted by Gasteiger charge is 2.63. The lowest BCUT2D eigenvalue weighted by Gasteiger charge is -2.32. The second-order valence-corrected chi connectivity index (χ2v) is 6.33.